The van der Waals surface area contributed by atoms with Crippen LogP contribution in [0.5, 0.6) is 0 Å². The van der Waals surface area contributed by atoms with E-state index >= 15 is 0 Å². The molecule has 0 N–H and O–H groups in total. The summed E-state index contributed by atoms with van der Waals surface area (Å²) in [4.78, 5) is 39.9. The second kappa shape index (κ2) is 7.82. The van der Waals surface area contributed by atoms with Crippen molar-refractivity contribution in [3.8, 4) is 0 Å². The van der Waals surface area contributed by atoms with Crippen LogP contribution in [0, 0.1) is 0 Å². The van der Waals surface area contributed by atoms with Crippen molar-refractivity contribution in [3.63, 3.8) is 0 Å². The summed E-state index contributed by atoms with van der Waals surface area (Å²) in [6.45, 7) is 0.483. The minimum atomic E-state index is -0.964. The number of hydrogen-bond acceptors (Lipinski definition) is 4. The summed E-state index contributed by atoms with van der Waals surface area (Å²) < 4.78 is 4.86. The molecule has 6 nitrogen and oxygen atoms in total. The van der Waals surface area contributed by atoms with Gasteiger partial charge in [0.25, 0.3) is 0 Å². The fourth-order valence-electron chi connectivity index (χ4n) is 3.20. The molecule has 2 unspecified atom stereocenters. The van der Waals surface area contributed by atoms with Gasteiger partial charge in [-0.25, -0.2) is 9.59 Å². The van der Waals surface area contributed by atoms with E-state index in [1.807, 2.05) is 60.7 Å². The van der Waals surface area contributed by atoms with Gasteiger partial charge in [-0.1, -0.05) is 60.7 Å². The zero-order chi connectivity index (χ0) is 18.5. The van der Waals surface area contributed by atoms with Gasteiger partial charge in [0.1, 0.15) is 12.3 Å². The molecular formula is C20H20N2O4. The number of methoxy groups -OCH3 is 1. The van der Waals surface area contributed by atoms with E-state index in [0.717, 1.165) is 11.1 Å². The molecule has 1 aliphatic rings. The van der Waals surface area contributed by atoms with Crippen LogP contribution in [0.3, 0.4) is 0 Å². The van der Waals surface area contributed by atoms with Crippen LogP contribution in [0.1, 0.15) is 11.1 Å². The van der Waals surface area contributed by atoms with E-state index in [1.165, 1.54) is 16.9 Å². The Morgan fingerprint density at radius 2 is 1.46 bits per heavy atom. The van der Waals surface area contributed by atoms with E-state index in [-0.39, 0.29) is 19.1 Å². The summed E-state index contributed by atoms with van der Waals surface area (Å²) in [6, 6.07) is 16.5. The van der Waals surface area contributed by atoms with Gasteiger partial charge in [0.2, 0.25) is 0 Å². The Hall–Kier alpha value is -3.15. The highest BCUT2D eigenvalue weighted by Gasteiger charge is 2.50. The molecule has 0 bridgehead atoms. The number of rotatable bonds is 6. The lowest BCUT2D eigenvalue weighted by molar-refractivity contribution is -0.147. The Kier molecular flexibility index (Phi) is 5.31. The van der Waals surface area contributed by atoms with Gasteiger partial charge in [0.15, 0.2) is 6.04 Å². The smallest absolute Gasteiger partial charge is 0.331 e. The first-order valence-electron chi connectivity index (χ1n) is 8.34. The van der Waals surface area contributed by atoms with Crippen LogP contribution < -0.4 is 0 Å². The molecule has 26 heavy (non-hydrogen) atoms. The molecule has 1 saturated heterocycles. The van der Waals surface area contributed by atoms with Gasteiger partial charge in [0, 0.05) is 13.1 Å². The average molecular weight is 352 g/mol. The predicted octanol–water partition coefficient (Wildman–Crippen LogP) is 2.23. The van der Waals surface area contributed by atoms with Crippen molar-refractivity contribution in [2.75, 3.05) is 7.11 Å². The Morgan fingerprint density at radius 1 is 0.962 bits per heavy atom. The van der Waals surface area contributed by atoms with Crippen molar-refractivity contribution in [2.24, 2.45) is 0 Å². The Morgan fingerprint density at radius 3 is 1.92 bits per heavy atom. The van der Waals surface area contributed by atoms with Crippen LogP contribution in [0.2, 0.25) is 0 Å². The molecule has 1 heterocycles. The average Bonchev–Trinajstić information content (AvgIpc) is 2.94. The summed E-state index contributed by atoms with van der Waals surface area (Å²) in [7, 11) is 1.26. The molecule has 0 aliphatic carbocycles. The fraction of sp³-hybridized carbons (Fsp3) is 0.250. The van der Waals surface area contributed by atoms with Crippen molar-refractivity contribution in [2.45, 2.75) is 25.2 Å². The van der Waals surface area contributed by atoms with E-state index in [9.17, 15) is 14.4 Å². The lowest BCUT2D eigenvalue weighted by Gasteiger charge is -2.22. The molecule has 2 amide bonds. The topological polar surface area (TPSA) is 66.9 Å². The number of esters is 1. The molecule has 6 heteroatoms. The van der Waals surface area contributed by atoms with Gasteiger partial charge in [0.05, 0.1) is 7.11 Å². The first-order valence-corrected chi connectivity index (χ1v) is 8.34. The second-order valence-corrected chi connectivity index (χ2v) is 6.10. The van der Waals surface area contributed by atoms with Crippen LogP contribution in [0.15, 0.2) is 60.7 Å². The van der Waals surface area contributed by atoms with Crippen LogP contribution in [0.25, 0.3) is 0 Å². The standard InChI is InChI=1S/C20H20N2O4/c1-26-19(24)18-17(14-23)21(12-15-8-4-2-5-9-15)20(25)22(18)13-16-10-6-3-7-11-16/h2-11,14,17-18H,12-13H2,1H3. The number of nitrogens with zero attached hydrogens (tertiary/aromatic N) is 2. The summed E-state index contributed by atoms with van der Waals surface area (Å²) >= 11 is 0. The number of benzene rings is 2. The van der Waals surface area contributed by atoms with E-state index in [2.05, 4.69) is 0 Å². The first kappa shape index (κ1) is 17.7. The highest BCUT2D eigenvalue weighted by molar-refractivity contribution is 5.93. The molecule has 0 aromatic heterocycles. The number of aldehydes is 1. The zero-order valence-corrected chi connectivity index (χ0v) is 14.4. The maximum Gasteiger partial charge on any atom is 0.331 e. The number of urea groups is 1. The van der Waals surface area contributed by atoms with E-state index < -0.39 is 18.1 Å². The van der Waals surface area contributed by atoms with Crippen LogP contribution in [0.4, 0.5) is 4.79 Å². The molecule has 3 rings (SSSR count). The normalized spacial score (nSPS) is 19.5. The van der Waals surface area contributed by atoms with Gasteiger partial charge in [-0.2, -0.15) is 0 Å². The Labute approximate surface area is 152 Å². The van der Waals surface area contributed by atoms with E-state index in [4.69, 9.17) is 4.74 Å². The van der Waals surface area contributed by atoms with Crippen molar-refractivity contribution in [3.05, 3.63) is 71.8 Å². The molecular weight excluding hydrogens is 332 g/mol. The molecule has 1 aliphatic heterocycles. The lowest BCUT2D eigenvalue weighted by Crippen LogP contribution is -2.44. The van der Waals surface area contributed by atoms with Gasteiger partial charge in [-0.3, -0.25) is 0 Å². The maximum absolute atomic E-state index is 13.0. The number of ether oxygens (including phenoxy) is 1. The molecule has 1 fully saturated rings. The molecule has 2 aromatic rings. The third-order valence-electron chi connectivity index (χ3n) is 4.48. The lowest BCUT2D eigenvalue weighted by atomic mass is 10.1. The summed E-state index contributed by atoms with van der Waals surface area (Å²) in [5.74, 6) is -0.595. The monoisotopic (exact) mass is 352 g/mol. The number of hydrogen-bond donors (Lipinski definition) is 0. The third-order valence-corrected chi connectivity index (χ3v) is 4.48. The Balaban J connectivity index is 1.92. The summed E-state index contributed by atoms with van der Waals surface area (Å²) in [6.07, 6.45) is 0.646. The van der Waals surface area contributed by atoms with Crippen molar-refractivity contribution in [1.29, 1.82) is 0 Å². The van der Waals surface area contributed by atoms with Crippen molar-refractivity contribution in [1.82, 2.24) is 9.80 Å². The third kappa shape index (κ3) is 3.44. The predicted molar refractivity (Wildman–Crippen MR) is 95.0 cm³/mol. The van der Waals surface area contributed by atoms with Crippen LogP contribution >= 0.6 is 0 Å². The maximum atomic E-state index is 13.0. The van der Waals surface area contributed by atoms with Crippen LogP contribution in [-0.2, 0) is 27.4 Å². The van der Waals surface area contributed by atoms with Gasteiger partial charge in [-0.05, 0) is 11.1 Å². The number of carbonyl (C=O) groups is 3. The largest absolute Gasteiger partial charge is 0.467 e. The molecule has 0 radical (unpaired) electrons. The highest BCUT2D eigenvalue weighted by atomic mass is 16.5. The SMILES string of the molecule is COC(=O)C1C(C=O)N(Cc2ccccc2)C(=O)N1Cc1ccccc1. The fourth-order valence-corrected chi connectivity index (χ4v) is 3.20. The molecule has 0 saturated carbocycles. The van der Waals surface area contributed by atoms with Gasteiger partial charge in [-0.15, -0.1) is 0 Å². The van der Waals surface area contributed by atoms with Crippen molar-refractivity contribution < 1.29 is 19.1 Å². The van der Waals surface area contributed by atoms with E-state index in [1.54, 1.807) is 0 Å². The quantitative estimate of drug-likeness (QED) is 0.591. The van der Waals surface area contributed by atoms with Crippen molar-refractivity contribution >= 4 is 18.3 Å². The van der Waals surface area contributed by atoms with Gasteiger partial charge >= 0.3 is 12.0 Å². The molecule has 134 valence electrons. The molecule has 2 aromatic carbocycles. The van der Waals surface area contributed by atoms with Gasteiger partial charge < -0.3 is 19.3 Å². The summed E-state index contributed by atoms with van der Waals surface area (Å²) in [5, 5.41) is 0. The zero-order valence-electron chi connectivity index (χ0n) is 14.4. The first-order chi connectivity index (χ1) is 12.7. The highest BCUT2D eigenvalue weighted by Crippen LogP contribution is 2.27. The Bertz CT molecular complexity index is 779. The second-order valence-electron chi connectivity index (χ2n) is 6.10. The summed E-state index contributed by atoms with van der Waals surface area (Å²) in [5.41, 5.74) is 1.76. The number of amides is 2. The minimum absolute atomic E-state index is 0.231. The number of carbonyl (C=O) groups excluding carboxylic acids is 3. The molecule has 2 atom stereocenters. The molecule has 0 spiro atoms. The minimum Gasteiger partial charge on any atom is -0.467 e. The van der Waals surface area contributed by atoms with E-state index in [0.29, 0.717) is 6.29 Å². The van der Waals surface area contributed by atoms with Crippen LogP contribution in [-0.4, -0.2) is 47.3 Å².